The van der Waals surface area contributed by atoms with Crippen LogP contribution in [-0.2, 0) is 9.53 Å². The zero-order valence-electron chi connectivity index (χ0n) is 10.8. The van der Waals surface area contributed by atoms with E-state index in [1.807, 2.05) is 39.0 Å². The monoisotopic (exact) mass is 236 g/mol. The Labute approximate surface area is 103 Å². The number of rotatable bonds is 6. The second kappa shape index (κ2) is 7.07. The van der Waals surface area contributed by atoms with Gasteiger partial charge in [-0.2, -0.15) is 0 Å². The standard InChI is InChI=1S/C14H20O3/c1-4-16-10-6-9-14(15)17-13-8-5-7-11(2)12(13)3/h5,7-8H,4,6,9-10H2,1-3H3. The van der Waals surface area contributed by atoms with E-state index in [4.69, 9.17) is 9.47 Å². The molecular formula is C14H20O3. The van der Waals surface area contributed by atoms with Crippen LogP contribution in [0.15, 0.2) is 18.2 Å². The highest BCUT2D eigenvalue weighted by Gasteiger charge is 2.07. The average molecular weight is 236 g/mol. The lowest BCUT2D eigenvalue weighted by Gasteiger charge is -2.09. The van der Waals surface area contributed by atoms with E-state index in [1.54, 1.807) is 0 Å². The molecule has 0 aliphatic carbocycles. The first-order chi connectivity index (χ1) is 8.15. The van der Waals surface area contributed by atoms with Gasteiger partial charge in [-0.25, -0.2) is 0 Å². The smallest absolute Gasteiger partial charge is 0.311 e. The Morgan fingerprint density at radius 1 is 1.29 bits per heavy atom. The van der Waals surface area contributed by atoms with E-state index in [1.165, 1.54) is 0 Å². The Balaban J connectivity index is 2.43. The van der Waals surface area contributed by atoms with Crippen LogP contribution >= 0.6 is 0 Å². The number of esters is 1. The van der Waals surface area contributed by atoms with Crippen LogP contribution in [0.3, 0.4) is 0 Å². The van der Waals surface area contributed by atoms with Crippen LogP contribution < -0.4 is 4.74 Å². The summed E-state index contributed by atoms with van der Waals surface area (Å²) < 4.78 is 10.5. The van der Waals surface area contributed by atoms with Gasteiger partial charge in [0, 0.05) is 19.6 Å². The molecule has 0 saturated heterocycles. The molecule has 0 atom stereocenters. The molecule has 1 aromatic carbocycles. The maximum Gasteiger partial charge on any atom is 0.311 e. The molecule has 0 amide bonds. The normalized spacial score (nSPS) is 10.3. The van der Waals surface area contributed by atoms with Crippen molar-refractivity contribution in [1.29, 1.82) is 0 Å². The van der Waals surface area contributed by atoms with Gasteiger partial charge < -0.3 is 9.47 Å². The van der Waals surface area contributed by atoms with Gasteiger partial charge in [0.1, 0.15) is 5.75 Å². The van der Waals surface area contributed by atoms with E-state index in [0.29, 0.717) is 31.8 Å². The number of carbonyl (C=O) groups is 1. The SMILES string of the molecule is CCOCCCC(=O)Oc1cccc(C)c1C. The molecule has 0 aliphatic rings. The first-order valence-corrected chi connectivity index (χ1v) is 5.99. The lowest BCUT2D eigenvalue weighted by molar-refractivity contribution is -0.134. The largest absolute Gasteiger partial charge is 0.426 e. The van der Waals surface area contributed by atoms with Gasteiger partial charge in [0.15, 0.2) is 0 Å². The summed E-state index contributed by atoms with van der Waals surface area (Å²) in [4.78, 5) is 11.6. The lowest BCUT2D eigenvalue weighted by atomic mass is 10.1. The van der Waals surface area contributed by atoms with Gasteiger partial charge in [-0.3, -0.25) is 4.79 Å². The van der Waals surface area contributed by atoms with Gasteiger partial charge in [-0.05, 0) is 44.4 Å². The summed E-state index contributed by atoms with van der Waals surface area (Å²) in [7, 11) is 0. The molecule has 0 aromatic heterocycles. The minimum Gasteiger partial charge on any atom is -0.426 e. The maximum absolute atomic E-state index is 11.6. The molecular weight excluding hydrogens is 216 g/mol. The van der Waals surface area contributed by atoms with Crippen molar-refractivity contribution < 1.29 is 14.3 Å². The first kappa shape index (κ1) is 13.7. The van der Waals surface area contributed by atoms with Gasteiger partial charge in [0.2, 0.25) is 0 Å². The second-order valence-corrected chi connectivity index (χ2v) is 3.97. The average Bonchev–Trinajstić information content (AvgIpc) is 2.31. The zero-order valence-corrected chi connectivity index (χ0v) is 10.8. The third kappa shape index (κ3) is 4.57. The topological polar surface area (TPSA) is 35.5 Å². The number of benzene rings is 1. The van der Waals surface area contributed by atoms with Gasteiger partial charge >= 0.3 is 5.97 Å². The molecule has 1 rings (SSSR count). The molecule has 0 fully saturated rings. The van der Waals surface area contributed by atoms with Crippen molar-refractivity contribution in [3.63, 3.8) is 0 Å². The second-order valence-electron chi connectivity index (χ2n) is 3.97. The van der Waals surface area contributed by atoms with Crippen molar-refractivity contribution in [3.8, 4) is 5.75 Å². The maximum atomic E-state index is 11.6. The number of hydrogen-bond acceptors (Lipinski definition) is 3. The first-order valence-electron chi connectivity index (χ1n) is 5.99. The third-order valence-corrected chi connectivity index (χ3v) is 2.65. The van der Waals surface area contributed by atoms with Crippen LogP contribution in [-0.4, -0.2) is 19.2 Å². The molecule has 3 heteroatoms. The molecule has 94 valence electrons. The summed E-state index contributed by atoms with van der Waals surface area (Å²) in [5.41, 5.74) is 2.15. The molecule has 0 bridgehead atoms. The fourth-order valence-corrected chi connectivity index (χ4v) is 1.47. The van der Waals surface area contributed by atoms with Crippen molar-refractivity contribution in [2.75, 3.05) is 13.2 Å². The Morgan fingerprint density at radius 2 is 2.06 bits per heavy atom. The number of hydrogen-bond donors (Lipinski definition) is 0. The van der Waals surface area contributed by atoms with Gasteiger partial charge in [0.25, 0.3) is 0 Å². The highest BCUT2D eigenvalue weighted by atomic mass is 16.5. The summed E-state index contributed by atoms with van der Waals surface area (Å²) >= 11 is 0. The van der Waals surface area contributed by atoms with Crippen LogP contribution in [0.2, 0.25) is 0 Å². The number of ether oxygens (including phenoxy) is 2. The third-order valence-electron chi connectivity index (χ3n) is 2.65. The van der Waals surface area contributed by atoms with Crippen LogP contribution in [0.25, 0.3) is 0 Å². The van der Waals surface area contributed by atoms with E-state index >= 15 is 0 Å². The zero-order chi connectivity index (χ0) is 12.7. The van der Waals surface area contributed by atoms with Crippen molar-refractivity contribution in [2.45, 2.75) is 33.6 Å². The summed E-state index contributed by atoms with van der Waals surface area (Å²) in [6.07, 6.45) is 1.10. The summed E-state index contributed by atoms with van der Waals surface area (Å²) in [6, 6.07) is 5.72. The quantitative estimate of drug-likeness (QED) is 0.432. The lowest BCUT2D eigenvalue weighted by Crippen LogP contribution is -2.10. The van der Waals surface area contributed by atoms with E-state index in [9.17, 15) is 4.79 Å². The van der Waals surface area contributed by atoms with E-state index in [0.717, 1.165) is 11.1 Å². The molecule has 0 heterocycles. The minimum absolute atomic E-state index is 0.196. The van der Waals surface area contributed by atoms with Crippen molar-refractivity contribution in [2.24, 2.45) is 0 Å². The molecule has 1 aromatic rings. The molecule has 3 nitrogen and oxygen atoms in total. The Hall–Kier alpha value is -1.35. The highest BCUT2D eigenvalue weighted by Crippen LogP contribution is 2.21. The Morgan fingerprint density at radius 3 is 2.76 bits per heavy atom. The van der Waals surface area contributed by atoms with Crippen LogP contribution in [0, 0.1) is 13.8 Å². The van der Waals surface area contributed by atoms with Crippen molar-refractivity contribution in [3.05, 3.63) is 29.3 Å². The van der Waals surface area contributed by atoms with E-state index < -0.39 is 0 Å². The summed E-state index contributed by atoms with van der Waals surface area (Å²) in [5.74, 6) is 0.463. The molecule has 0 N–H and O–H groups in total. The molecule has 0 spiro atoms. The van der Waals surface area contributed by atoms with Crippen molar-refractivity contribution in [1.82, 2.24) is 0 Å². The minimum atomic E-state index is -0.196. The van der Waals surface area contributed by atoms with Gasteiger partial charge in [0.05, 0.1) is 0 Å². The van der Waals surface area contributed by atoms with Crippen LogP contribution in [0.4, 0.5) is 0 Å². The Bertz CT molecular complexity index is 372. The predicted molar refractivity (Wildman–Crippen MR) is 67.3 cm³/mol. The fourth-order valence-electron chi connectivity index (χ4n) is 1.47. The molecule has 17 heavy (non-hydrogen) atoms. The van der Waals surface area contributed by atoms with Crippen molar-refractivity contribution >= 4 is 5.97 Å². The fraction of sp³-hybridized carbons (Fsp3) is 0.500. The van der Waals surface area contributed by atoms with Crippen LogP contribution in [0.1, 0.15) is 30.9 Å². The van der Waals surface area contributed by atoms with Gasteiger partial charge in [-0.1, -0.05) is 12.1 Å². The van der Waals surface area contributed by atoms with E-state index in [-0.39, 0.29) is 5.97 Å². The van der Waals surface area contributed by atoms with Gasteiger partial charge in [-0.15, -0.1) is 0 Å². The number of aryl methyl sites for hydroxylation is 1. The summed E-state index contributed by atoms with van der Waals surface area (Å²) in [6.45, 7) is 7.19. The molecule has 0 saturated carbocycles. The Kier molecular flexibility index (Phi) is 5.70. The molecule has 0 unspecified atom stereocenters. The predicted octanol–water partition coefficient (Wildman–Crippen LogP) is 3.03. The van der Waals surface area contributed by atoms with E-state index in [2.05, 4.69) is 0 Å². The molecule has 0 aliphatic heterocycles. The van der Waals surface area contributed by atoms with Crippen LogP contribution in [0.5, 0.6) is 5.75 Å². The summed E-state index contributed by atoms with van der Waals surface area (Å²) in [5, 5.41) is 0. The highest BCUT2D eigenvalue weighted by molar-refractivity contribution is 5.72. The number of carbonyl (C=O) groups excluding carboxylic acids is 1. The molecule has 0 radical (unpaired) electrons.